The number of imide groups is 1. The number of rotatable bonds is 5. The molecule has 0 saturated carbocycles. The number of hydrogen-bond acceptors (Lipinski definition) is 2. The Bertz CT molecular complexity index is 1410. The monoisotopic (exact) mass is 459 g/mol. The number of benzene rings is 3. The van der Waals surface area contributed by atoms with Crippen LogP contribution in [0.5, 0.6) is 0 Å². The molecule has 0 unspecified atom stereocenters. The largest absolute Gasteiger partial charge is 0.342 e. The van der Waals surface area contributed by atoms with Crippen molar-refractivity contribution < 1.29 is 14.0 Å². The topological polar surface area (TPSA) is 54.3 Å². The van der Waals surface area contributed by atoms with Gasteiger partial charge in [0.15, 0.2) is 0 Å². The fraction of sp³-hybridized carbons (Fsp3) is 0.0769. The van der Waals surface area contributed by atoms with Gasteiger partial charge in [0.1, 0.15) is 11.5 Å². The quantitative estimate of drug-likeness (QED) is 0.313. The summed E-state index contributed by atoms with van der Waals surface area (Å²) in [5, 5.41) is 3.96. The lowest BCUT2D eigenvalue weighted by atomic mass is 10.1. The van der Waals surface area contributed by atoms with Crippen molar-refractivity contribution >= 4 is 40.5 Å². The molecule has 1 aliphatic rings. The molecule has 5 rings (SSSR count). The highest BCUT2D eigenvalue weighted by atomic mass is 35.5. The molecule has 1 fully saturated rings. The molecule has 3 amide bonds. The number of carbonyl (C=O) groups excluding carboxylic acids is 2. The highest BCUT2D eigenvalue weighted by molar-refractivity contribution is 6.31. The number of nitrogens with one attached hydrogen (secondary N) is 1. The van der Waals surface area contributed by atoms with Crippen molar-refractivity contribution in [3.05, 3.63) is 112 Å². The SMILES string of the molecule is O=C1NC(=Cc2cn(Cc3ccc(F)cc3Cl)c3ccccc23)C(=O)N1Cc1ccccc1. The van der Waals surface area contributed by atoms with Crippen molar-refractivity contribution in [1.29, 1.82) is 0 Å². The highest BCUT2D eigenvalue weighted by Crippen LogP contribution is 2.27. The Morgan fingerprint density at radius 1 is 0.939 bits per heavy atom. The number of para-hydroxylation sites is 1. The van der Waals surface area contributed by atoms with E-state index in [0.29, 0.717) is 11.6 Å². The molecule has 5 nitrogen and oxygen atoms in total. The number of halogens is 2. The summed E-state index contributed by atoms with van der Waals surface area (Å²) in [4.78, 5) is 26.6. The lowest BCUT2D eigenvalue weighted by Crippen LogP contribution is -2.30. The smallest absolute Gasteiger partial charge is 0.329 e. The normalized spacial score (nSPS) is 15.0. The molecule has 0 atom stereocenters. The zero-order chi connectivity index (χ0) is 22.9. The zero-order valence-electron chi connectivity index (χ0n) is 17.5. The molecule has 7 heteroatoms. The lowest BCUT2D eigenvalue weighted by molar-refractivity contribution is -0.123. The molecule has 1 N–H and O–H groups in total. The minimum absolute atomic E-state index is 0.202. The summed E-state index contributed by atoms with van der Waals surface area (Å²) in [5.74, 6) is -0.760. The van der Waals surface area contributed by atoms with Crippen LogP contribution >= 0.6 is 11.6 Å². The summed E-state index contributed by atoms with van der Waals surface area (Å²) in [6, 6.07) is 21.0. The maximum absolute atomic E-state index is 13.4. The van der Waals surface area contributed by atoms with Gasteiger partial charge in [0.25, 0.3) is 5.91 Å². The molecular formula is C26H19ClFN3O2. The molecule has 0 spiro atoms. The van der Waals surface area contributed by atoms with Crippen LogP contribution in [0.25, 0.3) is 17.0 Å². The van der Waals surface area contributed by atoms with E-state index in [0.717, 1.165) is 27.6 Å². The molecule has 0 radical (unpaired) electrons. The first-order chi connectivity index (χ1) is 16.0. The Morgan fingerprint density at radius 2 is 1.70 bits per heavy atom. The van der Waals surface area contributed by atoms with Crippen LogP contribution in [-0.2, 0) is 17.9 Å². The molecule has 1 aromatic heterocycles. The molecule has 4 aromatic rings. The second-order valence-electron chi connectivity index (χ2n) is 7.83. The first-order valence-electron chi connectivity index (χ1n) is 10.4. The van der Waals surface area contributed by atoms with Gasteiger partial charge in [-0.25, -0.2) is 9.18 Å². The minimum Gasteiger partial charge on any atom is -0.342 e. The maximum atomic E-state index is 13.4. The summed E-state index contributed by atoms with van der Waals surface area (Å²) in [6.45, 7) is 0.636. The van der Waals surface area contributed by atoms with Crippen molar-refractivity contribution in [2.45, 2.75) is 13.1 Å². The van der Waals surface area contributed by atoms with E-state index < -0.39 is 6.03 Å². The van der Waals surface area contributed by atoms with Gasteiger partial charge >= 0.3 is 6.03 Å². The summed E-state index contributed by atoms with van der Waals surface area (Å²) in [7, 11) is 0. The summed E-state index contributed by atoms with van der Waals surface area (Å²) in [6.07, 6.45) is 3.59. The van der Waals surface area contributed by atoms with E-state index in [2.05, 4.69) is 5.32 Å². The number of amides is 3. The van der Waals surface area contributed by atoms with Gasteiger partial charge in [-0.1, -0.05) is 66.2 Å². The van der Waals surface area contributed by atoms with E-state index in [1.165, 1.54) is 17.0 Å². The van der Waals surface area contributed by atoms with Crippen LogP contribution in [0.2, 0.25) is 5.02 Å². The molecule has 164 valence electrons. The molecule has 3 aromatic carbocycles. The average Bonchev–Trinajstić information content (AvgIpc) is 3.28. The number of fused-ring (bicyclic) bond motifs is 1. The van der Waals surface area contributed by atoms with Gasteiger partial charge in [0, 0.05) is 34.2 Å². The molecule has 1 saturated heterocycles. The van der Waals surface area contributed by atoms with Crippen molar-refractivity contribution in [3.63, 3.8) is 0 Å². The molecule has 1 aliphatic heterocycles. The van der Waals surface area contributed by atoms with E-state index in [9.17, 15) is 14.0 Å². The van der Waals surface area contributed by atoms with E-state index in [1.807, 2.05) is 65.4 Å². The third-order valence-electron chi connectivity index (χ3n) is 5.62. The Kier molecular flexibility index (Phi) is 5.44. The zero-order valence-corrected chi connectivity index (χ0v) is 18.2. The van der Waals surface area contributed by atoms with Crippen LogP contribution < -0.4 is 5.32 Å². The fourth-order valence-corrected chi connectivity index (χ4v) is 4.22. The number of urea groups is 1. The predicted molar refractivity (Wildman–Crippen MR) is 126 cm³/mol. The molecule has 2 heterocycles. The van der Waals surface area contributed by atoms with Gasteiger partial charge in [0.2, 0.25) is 0 Å². The van der Waals surface area contributed by atoms with E-state index >= 15 is 0 Å². The van der Waals surface area contributed by atoms with Gasteiger partial charge in [-0.2, -0.15) is 0 Å². The van der Waals surface area contributed by atoms with Crippen molar-refractivity contribution in [1.82, 2.24) is 14.8 Å². The van der Waals surface area contributed by atoms with Gasteiger partial charge in [0.05, 0.1) is 6.54 Å². The van der Waals surface area contributed by atoms with Gasteiger partial charge in [-0.05, 0) is 35.4 Å². The highest BCUT2D eigenvalue weighted by Gasteiger charge is 2.33. The Morgan fingerprint density at radius 3 is 2.48 bits per heavy atom. The second-order valence-corrected chi connectivity index (χ2v) is 8.24. The van der Waals surface area contributed by atoms with Crippen LogP contribution in [0.3, 0.4) is 0 Å². The van der Waals surface area contributed by atoms with E-state index in [-0.39, 0.29) is 24.0 Å². The second kappa shape index (κ2) is 8.56. The van der Waals surface area contributed by atoms with Crippen LogP contribution in [0.1, 0.15) is 16.7 Å². The fourth-order valence-electron chi connectivity index (χ4n) is 3.99. The average molecular weight is 460 g/mol. The van der Waals surface area contributed by atoms with E-state index in [1.54, 1.807) is 12.1 Å². The Hall–Kier alpha value is -3.90. The van der Waals surface area contributed by atoms with Crippen LogP contribution in [-0.4, -0.2) is 21.4 Å². The summed E-state index contributed by atoms with van der Waals surface area (Å²) >= 11 is 6.23. The maximum Gasteiger partial charge on any atom is 0.329 e. The minimum atomic E-state index is -0.447. The first-order valence-corrected chi connectivity index (χ1v) is 10.8. The third kappa shape index (κ3) is 4.13. The van der Waals surface area contributed by atoms with Gasteiger partial charge in [-0.3, -0.25) is 9.69 Å². The van der Waals surface area contributed by atoms with Crippen molar-refractivity contribution in [2.24, 2.45) is 0 Å². The van der Waals surface area contributed by atoms with Crippen LogP contribution in [0, 0.1) is 5.82 Å². The Balaban J connectivity index is 1.48. The van der Waals surface area contributed by atoms with Crippen LogP contribution in [0.4, 0.5) is 9.18 Å². The van der Waals surface area contributed by atoms with E-state index in [4.69, 9.17) is 11.6 Å². The van der Waals surface area contributed by atoms with Crippen molar-refractivity contribution in [2.75, 3.05) is 0 Å². The van der Waals surface area contributed by atoms with Crippen molar-refractivity contribution in [3.8, 4) is 0 Å². The first kappa shape index (κ1) is 21.0. The molecule has 0 bridgehead atoms. The number of nitrogens with zero attached hydrogens (tertiary/aromatic N) is 2. The number of aromatic nitrogens is 1. The third-order valence-corrected chi connectivity index (χ3v) is 5.97. The van der Waals surface area contributed by atoms with Gasteiger partial charge < -0.3 is 9.88 Å². The summed E-state index contributed by atoms with van der Waals surface area (Å²) < 4.78 is 15.4. The number of carbonyl (C=O) groups is 2. The lowest BCUT2D eigenvalue weighted by Gasteiger charge is -2.11. The molecule has 33 heavy (non-hydrogen) atoms. The van der Waals surface area contributed by atoms with Gasteiger partial charge in [-0.15, -0.1) is 0 Å². The summed E-state index contributed by atoms with van der Waals surface area (Å²) in [5.41, 5.74) is 3.59. The Labute approximate surface area is 194 Å². The number of hydrogen-bond donors (Lipinski definition) is 1. The standard InChI is InChI=1S/C26H19ClFN3O2/c27-22-13-20(28)11-10-18(22)15-30-16-19(21-8-4-5-9-24(21)30)12-23-25(32)31(26(33)29-23)14-17-6-2-1-3-7-17/h1-13,16H,14-15H2,(H,29,33). The molecule has 0 aliphatic carbocycles. The molecular weight excluding hydrogens is 441 g/mol. The predicted octanol–water partition coefficient (Wildman–Crippen LogP) is 5.58. The van der Waals surface area contributed by atoms with Crippen LogP contribution in [0.15, 0.2) is 84.7 Å².